The van der Waals surface area contributed by atoms with Crippen LogP contribution in [0.25, 0.3) is 44.4 Å². The molecule has 4 heterocycles. The van der Waals surface area contributed by atoms with Crippen LogP contribution in [0.5, 0.6) is 0 Å². The van der Waals surface area contributed by atoms with E-state index in [1.165, 1.54) is 0 Å². The lowest BCUT2D eigenvalue weighted by atomic mass is 9.98. The van der Waals surface area contributed by atoms with Crippen molar-refractivity contribution in [2.24, 2.45) is 0 Å². The highest BCUT2D eigenvalue weighted by Gasteiger charge is 2.36. The molecule has 3 aromatic carbocycles. The van der Waals surface area contributed by atoms with Crippen LogP contribution in [-0.4, -0.2) is 66.2 Å². The van der Waals surface area contributed by atoms with Crippen molar-refractivity contribution in [2.45, 2.75) is 90.5 Å². The quantitative estimate of drug-likeness (QED) is 0.192. The standard InChI is InChI=1S/C40H46N6O4/c1-39(2,3)49-37(47)45-19-7-9-33(45)35-41-23-31(43-35)26-13-11-25(12-14-26)27-15-16-29-22-30(18-17-28(29)21-27)32-24-42-36(44-32)34-10-8-20-46(34)38(48)50-40(4,5)6/h11-18,21-24,33-34H,7-10,19-20H2,1-6H3,(H,41,43)(H,42,44)/t33-,34+/m0/s1. The lowest BCUT2D eigenvalue weighted by Crippen LogP contribution is -2.36. The van der Waals surface area contributed by atoms with Gasteiger partial charge in [0.1, 0.15) is 22.9 Å². The summed E-state index contributed by atoms with van der Waals surface area (Å²) in [7, 11) is 0. The zero-order valence-corrected chi connectivity index (χ0v) is 29.7. The molecule has 7 rings (SSSR count). The molecule has 0 radical (unpaired) electrons. The third-order valence-corrected chi connectivity index (χ3v) is 9.26. The number of hydrogen-bond acceptors (Lipinski definition) is 6. The predicted molar refractivity (Wildman–Crippen MR) is 194 cm³/mol. The molecule has 0 saturated carbocycles. The average molecular weight is 675 g/mol. The van der Waals surface area contributed by atoms with Crippen LogP contribution < -0.4 is 0 Å². The Hall–Kier alpha value is -5.12. The van der Waals surface area contributed by atoms with E-state index in [0.29, 0.717) is 13.1 Å². The van der Waals surface area contributed by atoms with Crippen LogP contribution in [0.15, 0.2) is 73.1 Å². The van der Waals surface area contributed by atoms with Crippen molar-refractivity contribution in [2.75, 3.05) is 13.1 Å². The fourth-order valence-electron chi connectivity index (χ4n) is 6.92. The van der Waals surface area contributed by atoms with Crippen LogP contribution in [0.4, 0.5) is 9.59 Å². The summed E-state index contributed by atoms with van der Waals surface area (Å²) in [5.74, 6) is 1.57. The number of imidazole rings is 2. The monoisotopic (exact) mass is 674 g/mol. The minimum atomic E-state index is -0.539. The Bertz CT molecular complexity index is 2020. The van der Waals surface area contributed by atoms with Gasteiger partial charge in [-0.3, -0.25) is 9.80 Å². The molecule has 10 heteroatoms. The number of aromatic nitrogens is 4. The minimum Gasteiger partial charge on any atom is -0.444 e. The minimum absolute atomic E-state index is 0.117. The fraction of sp³-hybridized carbons (Fsp3) is 0.400. The number of carbonyl (C=O) groups is 2. The molecule has 2 aliphatic rings. The molecule has 50 heavy (non-hydrogen) atoms. The maximum atomic E-state index is 12.8. The van der Waals surface area contributed by atoms with E-state index in [2.05, 4.69) is 80.6 Å². The molecular formula is C40H46N6O4. The van der Waals surface area contributed by atoms with E-state index in [1.807, 2.05) is 53.9 Å². The van der Waals surface area contributed by atoms with Gasteiger partial charge in [-0.05, 0) is 107 Å². The van der Waals surface area contributed by atoms with Gasteiger partial charge in [0.25, 0.3) is 0 Å². The van der Waals surface area contributed by atoms with Gasteiger partial charge < -0.3 is 19.4 Å². The van der Waals surface area contributed by atoms with Gasteiger partial charge in [0.15, 0.2) is 0 Å². The van der Waals surface area contributed by atoms with Gasteiger partial charge >= 0.3 is 12.2 Å². The van der Waals surface area contributed by atoms with E-state index in [4.69, 9.17) is 9.47 Å². The number of hydrogen-bond donors (Lipinski definition) is 2. The number of nitrogens with zero attached hydrogens (tertiary/aromatic N) is 4. The van der Waals surface area contributed by atoms with Crippen molar-refractivity contribution < 1.29 is 19.1 Å². The zero-order chi connectivity index (χ0) is 35.2. The van der Waals surface area contributed by atoms with Gasteiger partial charge in [-0.25, -0.2) is 19.6 Å². The van der Waals surface area contributed by atoms with Gasteiger partial charge in [0, 0.05) is 18.7 Å². The lowest BCUT2D eigenvalue weighted by Gasteiger charge is -2.27. The molecule has 0 aliphatic carbocycles. The second kappa shape index (κ2) is 13.0. The second-order valence-electron chi connectivity index (χ2n) is 15.4. The van der Waals surface area contributed by atoms with E-state index >= 15 is 0 Å². The normalized spacial score (nSPS) is 18.2. The highest BCUT2D eigenvalue weighted by atomic mass is 16.6. The topological polar surface area (TPSA) is 116 Å². The number of carbonyl (C=O) groups excluding carboxylic acids is 2. The van der Waals surface area contributed by atoms with Gasteiger partial charge in [-0.1, -0.05) is 48.5 Å². The van der Waals surface area contributed by atoms with E-state index < -0.39 is 11.2 Å². The Morgan fingerprint density at radius 1 is 0.620 bits per heavy atom. The number of amides is 2. The van der Waals surface area contributed by atoms with E-state index in [0.717, 1.165) is 81.7 Å². The SMILES string of the molecule is CC(C)(C)OC(=O)N1CCC[C@@H]1c1ncc(-c2ccc3cc(-c4ccc(-c5cnc([C@@H]6CCCN6C(=O)OC(C)(C)C)[nH]5)cc4)ccc3c2)[nH]1. The van der Waals surface area contributed by atoms with E-state index in [9.17, 15) is 9.59 Å². The van der Waals surface area contributed by atoms with Crippen LogP contribution >= 0.6 is 0 Å². The number of likely N-dealkylation sites (tertiary alicyclic amines) is 2. The average Bonchev–Trinajstić information content (AvgIpc) is 3.88. The van der Waals surface area contributed by atoms with Gasteiger partial charge in [0.2, 0.25) is 0 Å². The van der Waals surface area contributed by atoms with Gasteiger partial charge in [-0.2, -0.15) is 0 Å². The van der Waals surface area contributed by atoms with E-state index in [-0.39, 0.29) is 24.3 Å². The van der Waals surface area contributed by atoms with Crippen molar-refractivity contribution in [3.63, 3.8) is 0 Å². The molecule has 260 valence electrons. The highest BCUT2D eigenvalue weighted by Crippen LogP contribution is 2.35. The van der Waals surface area contributed by atoms with Crippen molar-refractivity contribution >= 4 is 23.0 Å². The number of benzene rings is 3. The summed E-state index contributed by atoms with van der Waals surface area (Å²) in [6.45, 7) is 12.6. The molecule has 2 amide bonds. The predicted octanol–water partition coefficient (Wildman–Crippen LogP) is 9.43. The number of fused-ring (bicyclic) bond motifs is 1. The third kappa shape index (κ3) is 7.11. The van der Waals surface area contributed by atoms with Gasteiger partial charge in [0.05, 0.1) is 35.9 Å². The first kappa shape index (κ1) is 33.4. The summed E-state index contributed by atoms with van der Waals surface area (Å²) in [5.41, 5.74) is 5.09. The molecule has 2 saturated heterocycles. The molecule has 10 nitrogen and oxygen atoms in total. The van der Waals surface area contributed by atoms with Crippen molar-refractivity contribution in [3.05, 3.63) is 84.7 Å². The van der Waals surface area contributed by atoms with Crippen LogP contribution in [0.1, 0.15) is 91.0 Å². The Labute approximate surface area is 293 Å². The number of ether oxygens (including phenoxy) is 2. The molecule has 2 aromatic heterocycles. The first-order valence-corrected chi connectivity index (χ1v) is 17.6. The molecule has 0 unspecified atom stereocenters. The summed E-state index contributed by atoms with van der Waals surface area (Å²) in [4.78, 5) is 45.5. The highest BCUT2D eigenvalue weighted by molar-refractivity contribution is 5.90. The van der Waals surface area contributed by atoms with E-state index in [1.54, 1.807) is 9.80 Å². The Balaban J connectivity index is 1.04. The summed E-state index contributed by atoms with van der Waals surface area (Å²) < 4.78 is 11.3. The fourth-order valence-corrected chi connectivity index (χ4v) is 6.92. The number of H-pyrrole nitrogens is 2. The molecule has 2 N–H and O–H groups in total. The van der Waals surface area contributed by atoms with Crippen molar-refractivity contribution in [1.82, 2.24) is 29.7 Å². The number of aromatic amines is 2. The van der Waals surface area contributed by atoms with Crippen molar-refractivity contribution in [3.8, 4) is 33.6 Å². The molecule has 2 fully saturated rings. The Kier molecular flexibility index (Phi) is 8.66. The molecule has 0 spiro atoms. The first-order chi connectivity index (χ1) is 23.8. The van der Waals surface area contributed by atoms with Crippen molar-refractivity contribution in [1.29, 1.82) is 0 Å². The van der Waals surface area contributed by atoms with Crippen LogP contribution in [0, 0.1) is 0 Å². The number of nitrogens with one attached hydrogen (secondary N) is 2. The lowest BCUT2D eigenvalue weighted by molar-refractivity contribution is 0.0208. The van der Waals surface area contributed by atoms with Crippen LogP contribution in [-0.2, 0) is 9.47 Å². The molecular weight excluding hydrogens is 628 g/mol. The smallest absolute Gasteiger partial charge is 0.410 e. The number of rotatable bonds is 5. The zero-order valence-electron chi connectivity index (χ0n) is 29.7. The Morgan fingerprint density at radius 3 is 1.54 bits per heavy atom. The molecule has 0 bridgehead atoms. The van der Waals surface area contributed by atoms with Crippen LogP contribution in [0.2, 0.25) is 0 Å². The maximum absolute atomic E-state index is 12.8. The molecule has 5 aromatic rings. The first-order valence-electron chi connectivity index (χ1n) is 17.6. The summed E-state index contributed by atoms with van der Waals surface area (Å²) >= 11 is 0. The molecule has 2 atom stereocenters. The maximum Gasteiger partial charge on any atom is 0.410 e. The Morgan fingerprint density at radius 2 is 1.04 bits per heavy atom. The summed E-state index contributed by atoms with van der Waals surface area (Å²) in [6.07, 6.45) is 6.65. The second-order valence-corrected chi connectivity index (χ2v) is 15.4. The summed E-state index contributed by atoms with van der Waals surface area (Å²) in [5, 5.41) is 2.28. The largest absolute Gasteiger partial charge is 0.444 e. The molecule has 2 aliphatic heterocycles. The summed E-state index contributed by atoms with van der Waals surface area (Å²) in [6, 6.07) is 21.2. The third-order valence-electron chi connectivity index (χ3n) is 9.26. The van der Waals surface area contributed by atoms with Crippen LogP contribution in [0.3, 0.4) is 0 Å². The van der Waals surface area contributed by atoms with Gasteiger partial charge in [-0.15, -0.1) is 0 Å².